The number of rotatable bonds is 6. The molecule has 0 saturated heterocycles. The van der Waals surface area contributed by atoms with Gasteiger partial charge in [-0.2, -0.15) is 0 Å². The summed E-state index contributed by atoms with van der Waals surface area (Å²) in [6, 6.07) is 3.23. The zero-order valence-corrected chi connectivity index (χ0v) is 9.01. The first-order chi connectivity index (χ1) is 7.65. The molecular weight excluding hydrogens is 212 g/mol. The average molecular weight is 227 g/mol. The van der Waals surface area contributed by atoms with Gasteiger partial charge in [0, 0.05) is 12.0 Å². The molecule has 0 saturated carbocycles. The smallest absolute Gasteiger partial charge is 0.162 e. The Hall–Kier alpha value is -1.29. The Kier molecular flexibility index (Phi) is 5.05. The molecule has 1 aromatic rings. The fourth-order valence-corrected chi connectivity index (χ4v) is 1.42. The van der Waals surface area contributed by atoms with Crippen molar-refractivity contribution in [2.75, 3.05) is 6.54 Å². The number of ketones is 1. The third-order valence-electron chi connectivity index (χ3n) is 2.35. The fourth-order valence-electron chi connectivity index (χ4n) is 1.42. The molecule has 0 amide bonds. The maximum Gasteiger partial charge on any atom is 0.162 e. The van der Waals surface area contributed by atoms with Crippen LogP contribution in [0.2, 0.25) is 0 Å². The van der Waals surface area contributed by atoms with Gasteiger partial charge in [-0.25, -0.2) is 8.78 Å². The molecule has 1 rings (SSSR count). The van der Waals surface area contributed by atoms with Gasteiger partial charge in [0.05, 0.1) is 0 Å². The lowest BCUT2D eigenvalue weighted by atomic mass is 10.0. The van der Waals surface area contributed by atoms with E-state index in [1.807, 2.05) is 0 Å². The molecule has 0 aliphatic heterocycles. The van der Waals surface area contributed by atoms with Gasteiger partial charge in [-0.05, 0) is 37.6 Å². The Morgan fingerprint density at radius 1 is 1.12 bits per heavy atom. The van der Waals surface area contributed by atoms with Crippen LogP contribution in [0.25, 0.3) is 0 Å². The number of benzene rings is 1. The average Bonchev–Trinajstić information content (AvgIpc) is 2.28. The summed E-state index contributed by atoms with van der Waals surface area (Å²) in [4.78, 5) is 11.6. The van der Waals surface area contributed by atoms with E-state index in [1.54, 1.807) is 0 Å². The van der Waals surface area contributed by atoms with E-state index in [2.05, 4.69) is 0 Å². The van der Waals surface area contributed by atoms with Gasteiger partial charge in [0.1, 0.15) is 0 Å². The summed E-state index contributed by atoms with van der Waals surface area (Å²) in [5, 5.41) is 0. The SMILES string of the molecule is NCCCCCC(=O)c1ccc(F)c(F)c1. The Morgan fingerprint density at radius 2 is 1.88 bits per heavy atom. The van der Waals surface area contributed by atoms with Crippen LogP contribution in [0.4, 0.5) is 8.78 Å². The van der Waals surface area contributed by atoms with Crippen LogP contribution in [0.5, 0.6) is 0 Å². The zero-order chi connectivity index (χ0) is 12.0. The highest BCUT2D eigenvalue weighted by molar-refractivity contribution is 5.95. The highest BCUT2D eigenvalue weighted by atomic mass is 19.2. The number of halogens is 2. The Labute approximate surface area is 93.5 Å². The predicted octanol–water partition coefficient (Wildman–Crippen LogP) is 2.67. The molecule has 0 atom stereocenters. The summed E-state index contributed by atoms with van der Waals surface area (Å²) in [6.07, 6.45) is 2.84. The van der Waals surface area contributed by atoms with Crippen molar-refractivity contribution >= 4 is 5.78 Å². The highest BCUT2D eigenvalue weighted by Gasteiger charge is 2.09. The molecule has 1 aromatic carbocycles. The van der Waals surface area contributed by atoms with Gasteiger partial charge in [0.25, 0.3) is 0 Å². The molecule has 88 valence electrons. The Balaban J connectivity index is 2.50. The van der Waals surface area contributed by atoms with Crippen LogP contribution in [-0.4, -0.2) is 12.3 Å². The Bertz CT molecular complexity index is 366. The minimum absolute atomic E-state index is 0.157. The molecule has 4 heteroatoms. The van der Waals surface area contributed by atoms with Crippen molar-refractivity contribution in [3.05, 3.63) is 35.4 Å². The molecule has 0 aliphatic carbocycles. The lowest BCUT2D eigenvalue weighted by molar-refractivity contribution is 0.0978. The van der Waals surface area contributed by atoms with Gasteiger partial charge in [-0.15, -0.1) is 0 Å². The van der Waals surface area contributed by atoms with Gasteiger partial charge in [-0.1, -0.05) is 6.42 Å². The lowest BCUT2D eigenvalue weighted by Crippen LogP contribution is -2.02. The van der Waals surface area contributed by atoms with Crippen LogP contribution < -0.4 is 5.73 Å². The van der Waals surface area contributed by atoms with Crippen molar-refractivity contribution in [1.82, 2.24) is 0 Å². The van der Waals surface area contributed by atoms with Gasteiger partial charge in [0.15, 0.2) is 17.4 Å². The molecule has 0 unspecified atom stereocenters. The summed E-state index contributed by atoms with van der Waals surface area (Å²) in [7, 11) is 0. The van der Waals surface area contributed by atoms with Crippen LogP contribution in [0, 0.1) is 11.6 Å². The van der Waals surface area contributed by atoms with Crippen LogP contribution in [0.15, 0.2) is 18.2 Å². The second-order valence-electron chi connectivity index (χ2n) is 3.65. The molecule has 2 nitrogen and oxygen atoms in total. The van der Waals surface area contributed by atoms with E-state index in [4.69, 9.17) is 5.73 Å². The number of Topliss-reactive ketones (excluding diaryl/α,β-unsaturated/α-hetero) is 1. The maximum absolute atomic E-state index is 12.8. The summed E-state index contributed by atoms with van der Waals surface area (Å²) in [5.74, 6) is -2.07. The standard InChI is InChI=1S/C12H15F2NO/c13-10-6-5-9(8-11(10)14)12(16)4-2-1-3-7-15/h5-6,8H,1-4,7,15H2. The van der Waals surface area contributed by atoms with E-state index in [9.17, 15) is 13.6 Å². The van der Waals surface area contributed by atoms with Crippen molar-refractivity contribution in [2.45, 2.75) is 25.7 Å². The summed E-state index contributed by atoms with van der Waals surface area (Å²) < 4.78 is 25.5. The minimum atomic E-state index is -0.979. The van der Waals surface area contributed by atoms with Crippen molar-refractivity contribution < 1.29 is 13.6 Å². The van der Waals surface area contributed by atoms with E-state index >= 15 is 0 Å². The van der Waals surface area contributed by atoms with Crippen LogP contribution >= 0.6 is 0 Å². The number of hydrogen-bond donors (Lipinski definition) is 1. The third-order valence-corrected chi connectivity index (χ3v) is 2.35. The van der Waals surface area contributed by atoms with Gasteiger partial charge in [-0.3, -0.25) is 4.79 Å². The maximum atomic E-state index is 12.8. The molecule has 0 spiro atoms. The fraction of sp³-hybridized carbons (Fsp3) is 0.417. The van der Waals surface area contributed by atoms with Gasteiger partial charge in [0.2, 0.25) is 0 Å². The second-order valence-corrected chi connectivity index (χ2v) is 3.65. The number of carbonyl (C=O) groups is 1. The molecular formula is C12H15F2NO. The van der Waals surface area contributed by atoms with Crippen molar-refractivity contribution in [3.8, 4) is 0 Å². The van der Waals surface area contributed by atoms with E-state index < -0.39 is 11.6 Å². The van der Waals surface area contributed by atoms with Crippen LogP contribution in [0.3, 0.4) is 0 Å². The lowest BCUT2D eigenvalue weighted by Gasteiger charge is -2.01. The van der Waals surface area contributed by atoms with E-state index in [1.165, 1.54) is 6.07 Å². The van der Waals surface area contributed by atoms with Gasteiger partial charge < -0.3 is 5.73 Å². The van der Waals surface area contributed by atoms with E-state index in [0.717, 1.165) is 31.4 Å². The van der Waals surface area contributed by atoms with Crippen molar-refractivity contribution in [1.29, 1.82) is 0 Å². The molecule has 0 heterocycles. The first-order valence-electron chi connectivity index (χ1n) is 5.33. The summed E-state index contributed by atoms with van der Waals surface area (Å²) in [6.45, 7) is 0.610. The van der Waals surface area contributed by atoms with Crippen molar-refractivity contribution in [3.63, 3.8) is 0 Å². The van der Waals surface area contributed by atoms with Crippen molar-refractivity contribution in [2.24, 2.45) is 5.73 Å². The monoisotopic (exact) mass is 227 g/mol. The molecule has 16 heavy (non-hydrogen) atoms. The van der Waals surface area contributed by atoms with E-state index in [0.29, 0.717) is 13.0 Å². The molecule has 2 N–H and O–H groups in total. The number of unbranched alkanes of at least 4 members (excludes halogenated alkanes) is 2. The molecule has 0 radical (unpaired) electrons. The minimum Gasteiger partial charge on any atom is -0.330 e. The summed E-state index contributed by atoms with van der Waals surface area (Å²) in [5.41, 5.74) is 5.55. The van der Waals surface area contributed by atoms with E-state index in [-0.39, 0.29) is 11.3 Å². The molecule has 0 aliphatic rings. The normalized spacial score (nSPS) is 10.4. The summed E-state index contributed by atoms with van der Waals surface area (Å²) >= 11 is 0. The van der Waals surface area contributed by atoms with Crippen LogP contribution in [-0.2, 0) is 0 Å². The third kappa shape index (κ3) is 3.70. The van der Waals surface area contributed by atoms with Gasteiger partial charge >= 0.3 is 0 Å². The molecule has 0 bridgehead atoms. The quantitative estimate of drug-likeness (QED) is 0.599. The topological polar surface area (TPSA) is 43.1 Å². The zero-order valence-electron chi connectivity index (χ0n) is 9.01. The van der Waals surface area contributed by atoms with Crippen LogP contribution in [0.1, 0.15) is 36.0 Å². The second kappa shape index (κ2) is 6.33. The molecule has 0 fully saturated rings. The number of hydrogen-bond acceptors (Lipinski definition) is 2. The largest absolute Gasteiger partial charge is 0.330 e. The Morgan fingerprint density at radius 3 is 2.50 bits per heavy atom. The number of nitrogens with two attached hydrogens (primary N) is 1. The number of carbonyl (C=O) groups excluding carboxylic acids is 1. The highest BCUT2D eigenvalue weighted by Crippen LogP contribution is 2.12. The molecule has 0 aromatic heterocycles. The predicted molar refractivity (Wildman–Crippen MR) is 58.2 cm³/mol. The first-order valence-corrected chi connectivity index (χ1v) is 5.33. The first kappa shape index (κ1) is 12.8.